The SMILES string of the molecule is COCCN(CC(C)C)c1ncnc(Cl)c1CO. The van der Waals surface area contributed by atoms with Crippen LogP contribution in [0.5, 0.6) is 0 Å². The molecule has 1 heterocycles. The van der Waals surface area contributed by atoms with Crippen LogP contribution in [0, 0.1) is 5.92 Å². The Balaban J connectivity index is 2.99. The molecule has 0 radical (unpaired) electrons. The van der Waals surface area contributed by atoms with E-state index in [0.29, 0.717) is 35.6 Å². The van der Waals surface area contributed by atoms with Crippen molar-refractivity contribution in [1.82, 2.24) is 9.97 Å². The minimum Gasteiger partial charge on any atom is -0.391 e. The number of aliphatic hydroxyl groups is 1. The van der Waals surface area contributed by atoms with Gasteiger partial charge in [-0.1, -0.05) is 25.4 Å². The van der Waals surface area contributed by atoms with Gasteiger partial charge in [-0.3, -0.25) is 0 Å². The minimum absolute atomic E-state index is 0.170. The second kappa shape index (κ2) is 7.51. The van der Waals surface area contributed by atoms with E-state index in [1.165, 1.54) is 6.33 Å². The molecule has 0 amide bonds. The summed E-state index contributed by atoms with van der Waals surface area (Å²) >= 11 is 5.98. The Morgan fingerprint density at radius 2 is 2.17 bits per heavy atom. The van der Waals surface area contributed by atoms with Crippen LogP contribution in [0.2, 0.25) is 5.15 Å². The summed E-state index contributed by atoms with van der Waals surface area (Å²) in [4.78, 5) is 10.2. The van der Waals surface area contributed by atoms with Crippen molar-refractivity contribution in [2.45, 2.75) is 20.5 Å². The average molecular weight is 274 g/mol. The first-order chi connectivity index (χ1) is 8.60. The summed E-state index contributed by atoms with van der Waals surface area (Å²) in [5.74, 6) is 1.16. The third-order valence-corrected chi connectivity index (χ3v) is 2.80. The molecule has 102 valence electrons. The summed E-state index contributed by atoms with van der Waals surface area (Å²) in [7, 11) is 1.66. The molecule has 0 aliphatic rings. The van der Waals surface area contributed by atoms with Crippen molar-refractivity contribution in [3.63, 3.8) is 0 Å². The number of ether oxygens (including phenoxy) is 1. The lowest BCUT2D eigenvalue weighted by Crippen LogP contribution is -2.32. The summed E-state index contributed by atoms with van der Waals surface area (Å²) in [6.07, 6.45) is 1.41. The summed E-state index contributed by atoms with van der Waals surface area (Å²) in [5, 5.41) is 9.69. The Kier molecular flexibility index (Phi) is 6.32. The van der Waals surface area contributed by atoms with Gasteiger partial charge in [0.1, 0.15) is 17.3 Å². The Morgan fingerprint density at radius 1 is 1.44 bits per heavy atom. The predicted molar refractivity (Wildman–Crippen MR) is 71.9 cm³/mol. The van der Waals surface area contributed by atoms with Crippen molar-refractivity contribution in [2.75, 3.05) is 31.7 Å². The molecule has 0 aliphatic heterocycles. The van der Waals surface area contributed by atoms with Gasteiger partial charge in [0.2, 0.25) is 0 Å². The van der Waals surface area contributed by atoms with Crippen molar-refractivity contribution in [3.05, 3.63) is 17.0 Å². The van der Waals surface area contributed by atoms with Gasteiger partial charge in [0, 0.05) is 20.2 Å². The number of halogens is 1. The van der Waals surface area contributed by atoms with E-state index in [1.54, 1.807) is 7.11 Å². The van der Waals surface area contributed by atoms with E-state index in [0.717, 1.165) is 6.54 Å². The lowest BCUT2D eigenvalue weighted by molar-refractivity contribution is 0.204. The van der Waals surface area contributed by atoms with E-state index < -0.39 is 0 Å². The first-order valence-electron chi connectivity index (χ1n) is 5.94. The van der Waals surface area contributed by atoms with Gasteiger partial charge in [-0.25, -0.2) is 9.97 Å². The third-order valence-electron chi connectivity index (χ3n) is 2.48. The maximum absolute atomic E-state index is 9.39. The van der Waals surface area contributed by atoms with Crippen LogP contribution < -0.4 is 4.90 Å². The summed E-state index contributed by atoms with van der Waals surface area (Å²) in [5.41, 5.74) is 0.566. The van der Waals surface area contributed by atoms with Crippen molar-refractivity contribution < 1.29 is 9.84 Å². The van der Waals surface area contributed by atoms with Crippen LogP contribution in [0.1, 0.15) is 19.4 Å². The van der Waals surface area contributed by atoms with Crippen LogP contribution >= 0.6 is 11.6 Å². The smallest absolute Gasteiger partial charge is 0.140 e. The molecule has 0 spiro atoms. The molecule has 0 fully saturated rings. The van der Waals surface area contributed by atoms with Crippen molar-refractivity contribution in [2.24, 2.45) is 5.92 Å². The number of rotatable bonds is 7. The van der Waals surface area contributed by atoms with Crippen LogP contribution in [0.4, 0.5) is 5.82 Å². The number of aromatic nitrogens is 2. The maximum Gasteiger partial charge on any atom is 0.140 e. The molecule has 0 saturated carbocycles. The molecule has 0 unspecified atom stereocenters. The highest BCUT2D eigenvalue weighted by Gasteiger charge is 2.16. The third kappa shape index (κ3) is 4.08. The summed E-state index contributed by atoms with van der Waals surface area (Å²) in [6, 6.07) is 0. The first kappa shape index (κ1) is 15.1. The maximum atomic E-state index is 9.39. The number of anilines is 1. The number of hydrogen-bond donors (Lipinski definition) is 1. The molecule has 0 aromatic carbocycles. The number of nitrogens with zero attached hydrogens (tertiary/aromatic N) is 3. The number of methoxy groups -OCH3 is 1. The lowest BCUT2D eigenvalue weighted by Gasteiger charge is -2.27. The summed E-state index contributed by atoms with van der Waals surface area (Å²) < 4.78 is 5.10. The highest BCUT2D eigenvalue weighted by molar-refractivity contribution is 6.30. The quantitative estimate of drug-likeness (QED) is 0.767. The van der Waals surface area contributed by atoms with Gasteiger partial charge >= 0.3 is 0 Å². The molecule has 6 heteroatoms. The molecule has 18 heavy (non-hydrogen) atoms. The molecular weight excluding hydrogens is 254 g/mol. The molecule has 1 aromatic rings. The largest absolute Gasteiger partial charge is 0.391 e. The Bertz CT molecular complexity index is 374. The van der Waals surface area contributed by atoms with Gasteiger partial charge in [0.15, 0.2) is 0 Å². The minimum atomic E-state index is -0.170. The van der Waals surface area contributed by atoms with Crippen LogP contribution in [0.3, 0.4) is 0 Å². The number of aliphatic hydroxyl groups excluding tert-OH is 1. The van der Waals surface area contributed by atoms with Gasteiger partial charge in [-0.05, 0) is 5.92 Å². The van der Waals surface area contributed by atoms with Crippen LogP contribution in [-0.4, -0.2) is 41.9 Å². The second-order valence-electron chi connectivity index (χ2n) is 4.46. The second-order valence-corrected chi connectivity index (χ2v) is 4.82. The highest BCUT2D eigenvalue weighted by Crippen LogP contribution is 2.23. The average Bonchev–Trinajstić information content (AvgIpc) is 2.33. The fourth-order valence-corrected chi connectivity index (χ4v) is 1.90. The first-order valence-corrected chi connectivity index (χ1v) is 6.32. The van der Waals surface area contributed by atoms with Gasteiger partial charge in [-0.2, -0.15) is 0 Å². The zero-order valence-electron chi connectivity index (χ0n) is 11.1. The molecule has 0 aliphatic carbocycles. The van der Waals surface area contributed by atoms with Gasteiger partial charge in [0.05, 0.1) is 18.8 Å². The molecule has 5 nitrogen and oxygen atoms in total. The Hall–Kier alpha value is -0.910. The zero-order chi connectivity index (χ0) is 13.5. The van der Waals surface area contributed by atoms with E-state index in [4.69, 9.17) is 16.3 Å². The molecule has 1 N–H and O–H groups in total. The van der Waals surface area contributed by atoms with Gasteiger partial charge < -0.3 is 14.7 Å². The molecule has 0 saturated heterocycles. The van der Waals surface area contributed by atoms with Crippen molar-refractivity contribution in [1.29, 1.82) is 0 Å². The molecule has 0 bridgehead atoms. The van der Waals surface area contributed by atoms with Crippen LogP contribution in [0.15, 0.2) is 6.33 Å². The topological polar surface area (TPSA) is 58.5 Å². The van der Waals surface area contributed by atoms with Crippen LogP contribution in [0.25, 0.3) is 0 Å². The molecule has 1 rings (SSSR count). The van der Waals surface area contributed by atoms with Crippen LogP contribution in [-0.2, 0) is 11.3 Å². The zero-order valence-corrected chi connectivity index (χ0v) is 11.8. The molecular formula is C12H20ClN3O2. The lowest BCUT2D eigenvalue weighted by atomic mass is 10.2. The predicted octanol–water partition coefficient (Wildman–Crippen LogP) is 1.73. The van der Waals surface area contributed by atoms with Crippen molar-refractivity contribution >= 4 is 17.4 Å². The van der Waals surface area contributed by atoms with E-state index in [9.17, 15) is 5.11 Å². The fourth-order valence-electron chi connectivity index (χ4n) is 1.72. The van der Waals surface area contributed by atoms with E-state index in [-0.39, 0.29) is 6.61 Å². The Labute approximate surface area is 113 Å². The number of hydrogen-bond acceptors (Lipinski definition) is 5. The molecule has 0 atom stereocenters. The highest BCUT2D eigenvalue weighted by atomic mass is 35.5. The Morgan fingerprint density at radius 3 is 2.72 bits per heavy atom. The van der Waals surface area contributed by atoms with E-state index in [2.05, 4.69) is 28.7 Å². The van der Waals surface area contributed by atoms with Gasteiger partial charge in [-0.15, -0.1) is 0 Å². The van der Waals surface area contributed by atoms with Gasteiger partial charge in [0.25, 0.3) is 0 Å². The monoisotopic (exact) mass is 273 g/mol. The normalized spacial score (nSPS) is 11.0. The molecule has 1 aromatic heterocycles. The summed E-state index contributed by atoms with van der Waals surface area (Å²) in [6.45, 7) is 6.21. The van der Waals surface area contributed by atoms with E-state index >= 15 is 0 Å². The van der Waals surface area contributed by atoms with E-state index in [1.807, 2.05) is 0 Å². The standard InChI is InChI=1S/C12H20ClN3O2/c1-9(2)6-16(4-5-18-3)12-10(7-17)11(13)14-8-15-12/h8-9,17H,4-7H2,1-3H3. The van der Waals surface area contributed by atoms with Crippen molar-refractivity contribution in [3.8, 4) is 0 Å². The fraction of sp³-hybridized carbons (Fsp3) is 0.667.